The Hall–Kier alpha value is -3.06. The van der Waals surface area contributed by atoms with Crippen molar-refractivity contribution < 1.29 is 24.0 Å². The molecule has 1 amide bonds. The van der Waals surface area contributed by atoms with Crippen LogP contribution >= 0.6 is 0 Å². The topological polar surface area (TPSA) is 72.3 Å². The summed E-state index contributed by atoms with van der Waals surface area (Å²) in [5.74, 6) is 0.431. The van der Waals surface area contributed by atoms with Crippen LogP contribution in [0.4, 0.5) is 11.4 Å². The number of hydrogen-bond donors (Lipinski definition) is 2. The van der Waals surface area contributed by atoms with Crippen molar-refractivity contribution in [3.05, 3.63) is 53.6 Å². The first kappa shape index (κ1) is 21.6. The first-order chi connectivity index (χ1) is 14.5. The molecule has 2 aromatic carbocycles. The fourth-order valence-electron chi connectivity index (χ4n) is 3.66. The molecule has 3 rings (SSSR count). The summed E-state index contributed by atoms with van der Waals surface area (Å²) in [5, 5.41) is 2.94. The summed E-state index contributed by atoms with van der Waals surface area (Å²) in [4.78, 5) is 27.9. The van der Waals surface area contributed by atoms with E-state index in [1.165, 1.54) is 12.0 Å². The number of amides is 1. The Kier molecular flexibility index (Phi) is 7.30. The number of benzene rings is 2. The molecule has 160 valence electrons. The molecule has 0 saturated carbocycles. The van der Waals surface area contributed by atoms with Gasteiger partial charge in [0.15, 0.2) is 6.54 Å². The molecule has 0 aromatic heterocycles. The van der Waals surface area contributed by atoms with Crippen molar-refractivity contribution in [1.82, 2.24) is 0 Å². The zero-order valence-corrected chi connectivity index (χ0v) is 17.9. The van der Waals surface area contributed by atoms with Gasteiger partial charge in [0.05, 0.1) is 51.1 Å². The number of piperazine rings is 1. The van der Waals surface area contributed by atoms with E-state index in [2.05, 4.69) is 16.3 Å². The van der Waals surface area contributed by atoms with E-state index in [-0.39, 0.29) is 5.91 Å². The molecular weight excluding hydrogens is 382 g/mol. The molecule has 0 radical (unpaired) electrons. The predicted octanol–water partition coefficient (Wildman–Crippen LogP) is 1.52. The van der Waals surface area contributed by atoms with Crippen molar-refractivity contribution in [2.75, 3.05) is 56.7 Å². The summed E-state index contributed by atoms with van der Waals surface area (Å²) in [6.45, 7) is 8.39. The number of aryl methyl sites for hydroxylation is 1. The van der Waals surface area contributed by atoms with E-state index in [9.17, 15) is 9.59 Å². The van der Waals surface area contributed by atoms with Crippen LogP contribution in [0, 0.1) is 6.92 Å². The number of nitrogens with zero attached hydrogens (tertiary/aromatic N) is 1. The summed E-state index contributed by atoms with van der Waals surface area (Å²) in [6, 6.07) is 13.3. The first-order valence-electron chi connectivity index (χ1n) is 10.3. The summed E-state index contributed by atoms with van der Waals surface area (Å²) < 4.78 is 10.5. The summed E-state index contributed by atoms with van der Waals surface area (Å²) in [7, 11) is 1.34. The number of esters is 1. The molecule has 1 aliphatic rings. The van der Waals surface area contributed by atoms with Crippen molar-refractivity contribution in [3.63, 3.8) is 0 Å². The quantitative estimate of drug-likeness (QED) is 0.675. The average molecular weight is 413 g/mol. The van der Waals surface area contributed by atoms with E-state index < -0.39 is 5.97 Å². The third-order valence-electron chi connectivity index (χ3n) is 5.32. The second-order valence-electron chi connectivity index (χ2n) is 7.38. The highest BCUT2D eigenvalue weighted by atomic mass is 16.5. The van der Waals surface area contributed by atoms with Gasteiger partial charge in [0.2, 0.25) is 0 Å². The highest BCUT2D eigenvalue weighted by Gasteiger charge is 2.24. The third kappa shape index (κ3) is 5.30. The van der Waals surface area contributed by atoms with E-state index >= 15 is 0 Å². The highest BCUT2D eigenvalue weighted by molar-refractivity contribution is 5.95. The molecule has 2 aromatic rings. The Morgan fingerprint density at radius 1 is 1.13 bits per heavy atom. The SMILES string of the molecule is CCOc1ccccc1N1CC[NH+](CC(=O)Nc2cc(C(=O)OC)ccc2C)CC1. The number of methoxy groups -OCH3 is 1. The van der Waals surface area contributed by atoms with E-state index in [1.807, 2.05) is 38.1 Å². The lowest BCUT2D eigenvalue weighted by Crippen LogP contribution is -3.15. The van der Waals surface area contributed by atoms with Gasteiger partial charge < -0.3 is 24.6 Å². The van der Waals surface area contributed by atoms with Crippen molar-refractivity contribution in [3.8, 4) is 5.75 Å². The number of quaternary nitrogens is 1. The minimum Gasteiger partial charge on any atom is -0.492 e. The number of rotatable bonds is 7. The van der Waals surface area contributed by atoms with Crippen LogP contribution in [-0.4, -0.2) is 58.3 Å². The Labute approximate surface area is 177 Å². The second-order valence-corrected chi connectivity index (χ2v) is 7.38. The van der Waals surface area contributed by atoms with Crippen LogP contribution in [-0.2, 0) is 9.53 Å². The largest absolute Gasteiger partial charge is 0.492 e. The van der Waals surface area contributed by atoms with Crippen LogP contribution in [0.3, 0.4) is 0 Å². The maximum Gasteiger partial charge on any atom is 0.337 e. The lowest BCUT2D eigenvalue weighted by molar-refractivity contribution is -0.892. The maximum atomic E-state index is 12.6. The minimum atomic E-state index is -0.417. The fraction of sp³-hybridized carbons (Fsp3) is 0.391. The number of nitrogens with one attached hydrogen (secondary N) is 2. The van der Waals surface area contributed by atoms with Crippen LogP contribution in [0.2, 0.25) is 0 Å². The predicted molar refractivity (Wildman–Crippen MR) is 117 cm³/mol. The summed E-state index contributed by atoms with van der Waals surface area (Å²) in [6.07, 6.45) is 0. The monoisotopic (exact) mass is 412 g/mol. The molecule has 0 atom stereocenters. The van der Waals surface area contributed by atoms with Gasteiger partial charge in [-0.15, -0.1) is 0 Å². The van der Waals surface area contributed by atoms with E-state index in [4.69, 9.17) is 9.47 Å². The van der Waals surface area contributed by atoms with Crippen molar-refractivity contribution in [2.24, 2.45) is 0 Å². The van der Waals surface area contributed by atoms with Gasteiger partial charge in [0, 0.05) is 5.69 Å². The normalized spacial score (nSPS) is 14.3. The van der Waals surface area contributed by atoms with Crippen molar-refractivity contribution in [2.45, 2.75) is 13.8 Å². The second kappa shape index (κ2) is 10.1. The molecule has 30 heavy (non-hydrogen) atoms. The summed E-state index contributed by atoms with van der Waals surface area (Å²) >= 11 is 0. The smallest absolute Gasteiger partial charge is 0.337 e. The molecule has 1 aliphatic heterocycles. The molecule has 0 unspecified atom stereocenters. The maximum absolute atomic E-state index is 12.6. The highest BCUT2D eigenvalue weighted by Crippen LogP contribution is 2.27. The van der Waals surface area contributed by atoms with Gasteiger partial charge >= 0.3 is 5.97 Å². The Balaban J connectivity index is 1.56. The van der Waals surface area contributed by atoms with Gasteiger partial charge in [-0.2, -0.15) is 0 Å². The third-order valence-corrected chi connectivity index (χ3v) is 5.32. The van der Waals surface area contributed by atoms with Crippen molar-refractivity contribution in [1.29, 1.82) is 0 Å². The molecule has 7 nitrogen and oxygen atoms in total. The van der Waals surface area contributed by atoms with Crippen LogP contribution in [0.25, 0.3) is 0 Å². The average Bonchev–Trinajstić information content (AvgIpc) is 2.76. The number of ether oxygens (including phenoxy) is 2. The molecular formula is C23H30N3O4+. The molecule has 1 saturated heterocycles. The standard InChI is InChI=1S/C23H29N3O4/c1-4-30-21-8-6-5-7-20(21)26-13-11-25(12-14-26)16-22(27)24-19-15-18(23(28)29-3)10-9-17(19)2/h5-10,15H,4,11-14,16H2,1-3H3,(H,24,27)/p+1. The molecule has 0 bridgehead atoms. The van der Waals surface area contributed by atoms with Gasteiger partial charge in [0.1, 0.15) is 5.75 Å². The van der Waals surface area contributed by atoms with Crippen LogP contribution < -0.4 is 19.9 Å². The van der Waals surface area contributed by atoms with Gasteiger partial charge in [0.25, 0.3) is 5.91 Å². The molecule has 0 spiro atoms. The summed E-state index contributed by atoms with van der Waals surface area (Å²) in [5.41, 5.74) is 3.08. The van der Waals surface area contributed by atoms with E-state index in [1.54, 1.807) is 12.1 Å². The minimum absolute atomic E-state index is 0.0571. The molecule has 1 heterocycles. The lowest BCUT2D eigenvalue weighted by Gasteiger charge is -2.34. The van der Waals surface area contributed by atoms with Gasteiger partial charge in [-0.05, 0) is 43.7 Å². The van der Waals surface area contributed by atoms with Crippen LogP contribution in [0.1, 0.15) is 22.8 Å². The van der Waals surface area contributed by atoms with Gasteiger partial charge in [-0.3, -0.25) is 4.79 Å². The van der Waals surface area contributed by atoms with Gasteiger partial charge in [-0.25, -0.2) is 4.79 Å². The van der Waals surface area contributed by atoms with Crippen molar-refractivity contribution >= 4 is 23.3 Å². The van der Waals surface area contributed by atoms with E-state index in [0.29, 0.717) is 24.4 Å². The van der Waals surface area contributed by atoms with Crippen LogP contribution in [0.15, 0.2) is 42.5 Å². The molecule has 1 fully saturated rings. The number of carbonyl (C=O) groups excluding carboxylic acids is 2. The zero-order chi connectivity index (χ0) is 21.5. The number of anilines is 2. The Morgan fingerprint density at radius 2 is 1.87 bits per heavy atom. The first-order valence-corrected chi connectivity index (χ1v) is 10.3. The number of carbonyl (C=O) groups is 2. The molecule has 0 aliphatic carbocycles. The lowest BCUT2D eigenvalue weighted by atomic mass is 10.1. The van der Waals surface area contributed by atoms with Gasteiger partial charge in [-0.1, -0.05) is 18.2 Å². The number of hydrogen-bond acceptors (Lipinski definition) is 5. The zero-order valence-electron chi connectivity index (χ0n) is 17.9. The van der Waals surface area contributed by atoms with Crippen LogP contribution in [0.5, 0.6) is 5.75 Å². The van der Waals surface area contributed by atoms with E-state index in [0.717, 1.165) is 43.2 Å². The Bertz CT molecular complexity index is 892. The Morgan fingerprint density at radius 3 is 2.57 bits per heavy atom. The fourth-order valence-corrected chi connectivity index (χ4v) is 3.66. The molecule has 2 N–H and O–H groups in total. The molecule has 7 heteroatoms. The number of para-hydroxylation sites is 2.